The molecule has 0 aromatic heterocycles. The van der Waals surface area contributed by atoms with Gasteiger partial charge < -0.3 is 9.47 Å². The fraction of sp³-hybridized carbons (Fsp3) is 0.294. The van der Waals surface area contributed by atoms with Gasteiger partial charge in [0.25, 0.3) is 0 Å². The molecule has 98 valence electrons. The summed E-state index contributed by atoms with van der Waals surface area (Å²) in [5, 5.41) is 2.50. The van der Waals surface area contributed by atoms with E-state index in [1.165, 1.54) is 21.9 Å². The Morgan fingerprint density at radius 1 is 1.05 bits per heavy atom. The van der Waals surface area contributed by atoms with Gasteiger partial charge in [0, 0.05) is 12.2 Å². The van der Waals surface area contributed by atoms with Crippen LogP contribution in [-0.4, -0.2) is 13.2 Å². The smallest absolute Gasteiger partial charge is 0.126 e. The molecule has 1 atom stereocenters. The topological polar surface area (TPSA) is 18.5 Å². The molecule has 0 bridgehead atoms. The number of hydrogen-bond donors (Lipinski definition) is 0. The van der Waals surface area contributed by atoms with Crippen molar-refractivity contribution < 1.29 is 9.47 Å². The lowest BCUT2D eigenvalue weighted by atomic mass is 9.90. The Kier molecular flexibility index (Phi) is 3.26. The Hall–Kier alpha value is -1.80. The molecule has 3 rings (SSSR count). The van der Waals surface area contributed by atoms with Crippen LogP contribution in [0.3, 0.4) is 0 Å². The molecule has 0 amide bonds. The summed E-state index contributed by atoms with van der Waals surface area (Å²) >= 11 is 0. The fourth-order valence-electron chi connectivity index (χ4n) is 2.73. The van der Waals surface area contributed by atoms with Crippen LogP contribution in [0.5, 0.6) is 5.75 Å². The van der Waals surface area contributed by atoms with Gasteiger partial charge in [0.05, 0.1) is 6.61 Å². The highest BCUT2D eigenvalue weighted by molar-refractivity contribution is 5.97. The molecule has 1 aliphatic carbocycles. The van der Waals surface area contributed by atoms with Crippen molar-refractivity contribution in [3.05, 3.63) is 47.5 Å². The van der Waals surface area contributed by atoms with Gasteiger partial charge in [0.2, 0.25) is 0 Å². The molecule has 2 heteroatoms. The quantitative estimate of drug-likeness (QED) is 0.808. The number of rotatable bonds is 4. The highest BCUT2D eigenvalue weighted by Gasteiger charge is 2.22. The van der Waals surface area contributed by atoms with Gasteiger partial charge in [-0.1, -0.05) is 36.4 Å². The van der Waals surface area contributed by atoms with Gasteiger partial charge in [-0.15, -0.1) is 0 Å². The van der Waals surface area contributed by atoms with E-state index in [-0.39, 0.29) is 6.10 Å². The minimum absolute atomic E-state index is 0.00912. The lowest BCUT2D eigenvalue weighted by molar-refractivity contribution is 0.0955. The van der Waals surface area contributed by atoms with Crippen molar-refractivity contribution >= 4 is 16.8 Å². The maximum atomic E-state index is 5.85. The third-order valence-corrected chi connectivity index (χ3v) is 3.46. The second-order valence-electron chi connectivity index (χ2n) is 4.59. The van der Waals surface area contributed by atoms with Gasteiger partial charge >= 0.3 is 0 Å². The molecule has 0 aliphatic heterocycles. The molecule has 0 radical (unpaired) electrons. The SMILES string of the molecule is CCOc1ccc2cccc3c2c1C(OCC)C=C3. The van der Waals surface area contributed by atoms with Crippen LogP contribution in [0, 0.1) is 0 Å². The van der Waals surface area contributed by atoms with Crippen molar-refractivity contribution in [2.75, 3.05) is 13.2 Å². The highest BCUT2D eigenvalue weighted by atomic mass is 16.5. The fourth-order valence-corrected chi connectivity index (χ4v) is 2.73. The molecule has 0 fully saturated rings. The molecular formula is C17H18O2. The van der Waals surface area contributed by atoms with Gasteiger partial charge in [0.1, 0.15) is 11.9 Å². The van der Waals surface area contributed by atoms with Gasteiger partial charge in [-0.05, 0) is 36.2 Å². The summed E-state index contributed by atoms with van der Waals surface area (Å²) in [4.78, 5) is 0. The largest absolute Gasteiger partial charge is 0.493 e. The summed E-state index contributed by atoms with van der Waals surface area (Å²) < 4.78 is 11.6. The Balaban J connectivity index is 2.26. The van der Waals surface area contributed by atoms with Gasteiger partial charge in [-0.3, -0.25) is 0 Å². The summed E-state index contributed by atoms with van der Waals surface area (Å²) in [7, 11) is 0. The van der Waals surface area contributed by atoms with Crippen molar-refractivity contribution in [3.8, 4) is 5.75 Å². The Morgan fingerprint density at radius 2 is 1.95 bits per heavy atom. The van der Waals surface area contributed by atoms with E-state index in [0.29, 0.717) is 13.2 Å². The normalized spacial score (nSPS) is 16.8. The Bertz CT molecular complexity index is 628. The van der Waals surface area contributed by atoms with E-state index in [4.69, 9.17) is 9.47 Å². The van der Waals surface area contributed by atoms with Crippen LogP contribution in [0.15, 0.2) is 36.4 Å². The van der Waals surface area contributed by atoms with E-state index in [9.17, 15) is 0 Å². The van der Waals surface area contributed by atoms with Gasteiger partial charge in [-0.2, -0.15) is 0 Å². The van der Waals surface area contributed by atoms with Crippen LogP contribution in [0.25, 0.3) is 16.8 Å². The zero-order valence-corrected chi connectivity index (χ0v) is 11.3. The van der Waals surface area contributed by atoms with Crippen LogP contribution in [0.2, 0.25) is 0 Å². The standard InChI is InChI=1S/C17H18O2/c1-3-18-14-10-8-12-6-5-7-13-9-11-15(19-4-2)17(14)16(12)13/h5-11,14H,3-4H2,1-2H3. The van der Waals surface area contributed by atoms with E-state index in [2.05, 4.69) is 42.5 Å². The monoisotopic (exact) mass is 254 g/mol. The van der Waals surface area contributed by atoms with Crippen LogP contribution in [0.1, 0.15) is 31.1 Å². The third-order valence-electron chi connectivity index (χ3n) is 3.46. The maximum absolute atomic E-state index is 5.85. The summed E-state index contributed by atoms with van der Waals surface area (Å²) in [5.41, 5.74) is 2.41. The molecule has 2 aromatic rings. The van der Waals surface area contributed by atoms with Crippen LogP contribution in [0.4, 0.5) is 0 Å². The highest BCUT2D eigenvalue weighted by Crippen LogP contribution is 2.41. The molecular weight excluding hydrogens is 236 g/mol. The summed E-state index contributed by atoms with van der Waals surface area (Å²) in [5.74, 6) is 0.935. The molecule has 0 saturated heterocycles. The molecule has 0 spiro atoms. The van der Waals surface area contributed by atoms with E-state index < -0.39 is 0 Å². The zero-order valence-electron chi connectivity index (χ0n) is 11.3. The summed E-state index contributed by atoms with van der Waals surface area (Å²) in [6.07, 6.45) is 4.25. The van der Waals surface area contributed by atoms with E-state index >= 15 is 0 Å². The number of benzene rings is 2. The molecule has 0 heterocycles. The van der Waals surface area contributed by atoms with E-state index in [1.807, 2.05) is 13.8 Å². The molecule has 0 saturated carbocycles. The first-order valence-electron chi connectivity index (χ1n) is 6.83. The summed E-state index contributed by atoms with van der Waals surface area (Å²) in [6.45, 7) is 5.40. The second-order valence-corrected chi connectivity index (χ2v) is 4.59. The number of ether oxygens (including phenoxy) is 2. The summed E-state index contributed by atoms with van der Waals surface area (Å²) in [6, 6.07) is 10.5. The molecule has 1 unspecified atom stereocenters. The van der Waals surface area contributed by atoms with E-state index in [0.717, 1.165) is 5.75 Å². The van der Waals surface area contributed by atoms with Crippen molar-refractivity contribution in [1.82, 2.24) is 0 Å². The Labute approximate surface area is 113 Å². The first-order chi connectivity index (χ1) is 9.35. The van der Waals surface area contributed by atoms with Crippen molar-refractivity contribution in [2.45, 2.75) is 20.0 Å². The number of hydrogen-bond acceptors (Lipinski definition) is 2. The van der Waals surface area contributed by atoms with Crippen molar-refractivity contribution in [3.63, 3.8) is 0 Å². The first kappa shape index (κ1) is 12.2. The molecule has 0 N–H and O–H groups in total. The minimum Gasteiger partial charge on any atom is -0.493 e. The van der Waals surface area contributed by atoms with Crippen LogP contribution < -0.4 is 4.74 Å². The predicted octanol–water partition coefficient (Wildman–Crippen LogP) is 4.34. The lowest BCUT2D eigenvalue weighted by Gasteiger charge is -2.24. The first-order valence-corrected chi connectivity index (χ1v) is 6.83. The Morgan fingerprint density at radius 3 is 2.74 bits per heavy atom. The average molecular weight is 254 g/mol. The second kappa shape index (κ2) is 5.06. The van der Waals surface area contributed by atoms with Crippen LogP contribution >= 0.6 is 0 Å². The average Bonchev–Trinajstić information content (AvgIpc) is 2.44. The van der Waals surface area contributed by atoms with Gasteiger partial charge in [0.15, 0.2) is 0 Å². The maximum Gasteiger partial charge on any atom is 0.126 e. The minimum atomic E-state index is -0.00912. The zero-order chi connectivity index (χ0) is 13.2. The van der Waals surface area contributed by atoms with Crippen LogP contribution in [-0.2, 0) is 4.74 Å². The van der Waals surface area contributed by atoms with Crippen molar-refractivity contribution in [1.29, 1.82) is 0 Å². The lowest BCUT2D eigenvalue weighted by Crippen LogP contribution is -2.08. The molecule has 1 aliphatic rings. The molecule has 2 aromatic carbocycles. The molecule has 2 nitrogen and oxygen atoms in total. The van der Waals surface area contributed by atoms with Crippen molar-refractivity contribution in [2.24, 2.45) is 0 Å². The van der Waals surface area contributed by atoms with E-state index in [1.54, 1.807) is 0 Å². The third kappa shape index (κ3) is 2.02. The predicted molar refractivity (Wildman–Crippen MR) is 78.5 cm³/mol. The van der Waals surface area contributed by atoms with Gasteiger partial charge in [-0.25, -0.2) is 0 Å². The molecule has 19 heavy (non-hydrogen) atoms.